The molecular weight excluding hydrogens is 276 g/mol. The Morgan fingerprint density at radius 2 is 1.81 bits per heavy atom. The lowest BCUT2D eigenvalue weighted by Crippen LogP contribution is -2.35. The van der Waals surface area contributed by atoms with E-state index < -0.39 is 16.4 Å². The van der Waals surface area contributed by atoms with Crippen molar-refractivity contribution in [1.29, 1.82) is 0 Å². The molecule has 86 valence electrons. The van der Waals surface area contributed by atoms with Crippen LogP contribution in [0.25, 0.3) is 0 Å². The van der Waals surface area contributed by atoms with Gasteiger partial charge in [0.2, 0.25) is 0 Å². The standard InChI is InChI=1S/C11H11BrO4/c1-8(13)16-11(12,10(14)15-2)9-6-4-3-5-7-9/h3-7H,1-2H3. The van der Waals surface area contributed by atoms with Crippen molar-refractivity contribution in [2.45, 2.75) is 11.4 Å². The number of hydrogen-bond donors (Lipinski definition) is 0. The molecule has 1 rings (SSSR count). The van der Waals surface area contributed by atoms with Gasteiger partial charge in [-0.3, -0.25) is 4.79 Å². The van der Waals surface area contributed by atoms with E-state index in [0.717, 1.165) is 0 Å². The van der Waals surface area contributed by atoms with E-state index in [4.69, 9.17) is 4.74 Å². The van der Waals surface area contributed by atoms with Crippen molar-refractivity contribution >= 4 is 27.9 Å². The zero-order valence-electron chi connectivity index (χ0n) is 8.90. The van der Waals surface area contributed by atoms with Crippen LogP contribution in [0, 0.1) is 0 Å². The van der Waals surface area contributed by atoms with Crippen molar-refractivity contribution in [3.8, 4) is 0 Å². The van der Waals surface area contributed by atoms with Gasteiger partial charge < -0.3 is 9.47 Å². The highest BCUT2D eigenvalue weighted by atomic mass is 79.9. The van der Waals surface area contributed by atoms with Crippen LogP contribution in [0.15, 0.2) is 30.3 Å². The third-order valence-corrected chi connectivity index (χ3v) is 2.82. The van der Waals surface area contributed by atoms with Crippen LogP contribution in [-0.4, -0.2) is 19.0 Å². The summed E-state index contributed by atoms with van der Waals surface area (Å²) in [5, 5.41) is 0. The Morgan fingerprint density at radius 1 is 1.25 bits per heavy atom. The first-order chi connectivity index (χ1) is 7.50. The van der Waals surface area contributed by atoms with Crippen molar-refractivity contribution in [3.05, 3.63) is 35.9 Å². The Balaban J connectivity index is 3.14. The quantitative estimate of drug-likeness (QED) is 0.630. The van der Waals surface area contributed by atoms with Crippen LogP contribution in [-0.2, 0) is 23.6 Å². The SMILES string of the molecule is COC(=O)C(Br)(OC(C)=O)c1ccccc1. The molecule has 0 bridgehead atoms. The lowest BCUT2D eigenvalue weighted by molar-refractivity contribution is -0.168. The van der Waals surface area contributed by atoms with Gasteiger partial charge in [-0.15, -0.1) is 0 Å². The number of ether oxygens (including phenoxy) is 2. The summed E-state index contributed by atoms with van der Waals surface area (Å²) in [5.74, 6) is -1.26. The number of hydrogen-bond acceptors (Lipinski definition) is 4. The molecule has 1 aromatic carbocycles. The molecule has 1 unspecified atom stereocenters. The van der Waals surface area contributed by atoms with Crippen molar-refractivity contribution in [2.75, 3.05) is 7.11 Å². The molecule has 16 heavy (non-hydrogen) atoms. The lowest BCUT2D eigenvalue weighted by atomic mass is 10.1. The Kier molecular flexibility index (Phi) is 4.06. The molecule has 0 heterocycles. The topological polar surface area (TPSA) is 52.6 Å². The fraction of sp³-hybridized carbons (Fsp3) is 0.273. The van der Waals surface area contributed by atoms with Crippen molar-refractivity contribution in [1.82, 2.24) is 0 Å². The van der Waals surface area contributed by atoms with E-state index in [9.17, 15) is 9.59 Å². The third-order valence-electron chi connectivity index (χ3n) is 1.88. The summed E-state index contributed by atoms with van der Waals surface area (Å²) in [4.78, 5) is 22.6. The second-order valence-corrected chi connectivity index (χ2v) is 4.16. The predicted octanol–water partition coefficient (Wildman–Crippen LogP) is 1.97. The second kappa shape index (κ2) is 5.12. The summed E-state index contributed by atoms with van der Waals surface area (Å²) in [6.45, 7) is 1.22. The summed E-state index contributed by atoms with van der Waals surface area (Å²) >= 11 is 3.10. The molecule has 0 fully saturated rings. The van der Waals surface area contributed by atoms with Crippen LogP contribution in [0.5, 0.6) is 0 Å². The maximum absolute atomic E-state index is 11.6. The number of halogens is 1. The average Bonchev–Trinajstić information content (AvgIpc) is 2.28. The fourth-order valence-corrected chi connectivity index (χ4v) is 1.85. The minimum atomic E-state index is -1.57. The molecule has 0 amide bonds. The first kappa shape index (κ1) is 12.7. The summed E-state index contributed by atoms with van der Waals surface area (Å²) in [7, 11) is 1.23. The summed E-state index contributed by atoms with van der Waals surface area (Å²) < 4.78 is 8.01. The molecule has 0 aliphatic rings. The van der Waals surface area contributed by atoms with Crippen LogP contribution >= 0.6 is 15.9 Å². The van der Waals surface area contributed by atoms with Gasteiger partial charge in [-0.05, 0) is 15.9 Å². The summed E-state index contributed by atoms with van der Waals surface area (Å²) in [5.41, 5.74) is 0.497. The number of carbonyl (C=O) groups is 2. The highest BCUT2D eigenvalue weighted by Crippen LogP contribution is 2.34. The van der Waals surface area contributed by atoms with Gasteiger partial charge in [-0.1, -0.05) is 30.3 Å². The van der Waals surface area contributed by atoms with Gasteiger partial charge in [0.1, 0.15) is 0 Å². The summed E-state index contributed by atoms with van der Waals surface area (Å²) in [6, 6.07) is 8.58. The number of rotatable bonds is 3. The molecule has 0 N–H and O–H groups in total. The first-order valence-corrected chi connectivity index (χ1v) is 5.32. The fourth-order valence-electron chi connectivity index (χ4n) is 1.20. The molecule has 0 saturated carbocycles. The van der Waals surface area contributed by atoms with Crippen LogP contribution in [0.3, 0.4) is 0 Å². The summed E-state index contributed by atoms with van der Waals surface area (Å²) in [6.07, 6.45) is 0. The molecule has 5 heteroatoms. The molecular formula is C11H11BrO4. The van der Waals surface area contributed by atoms with E-state index in [1.807, 2.05) is 0 Å². The number of esters is 2. The minimum absolute atomic E-state index is 0.497. The van der Waals surface area contributed by atoms with Gasteiger partial charge in [-0.25, -0.2) is 4.79 Å². The van der Waals surface area contributed by atoms with Gasteiger partial charge >= 0.3 is 11.9 Å². The molecule has 0 aromatic heterocycles. The Hall–Kier alpha value is -1.36. The largest absolute Gasteiger partial charge is 0.465 e. The average molecular weight is 287 g/mol. The smallest absolute Gasteiger partial charge is 0.366 e. The highest BCUT2D eigenvalue weighted by molar-refractivity contribution is 9.10. The molecule has 0 spiro atoms. The van der Waals surface area contributed by atoms with E-state index in [1.165, 1.54) is 14.0 Å². The molecule has 4 nitrogen and oxygen atoms in total. The number of benzene rings is 1. The van der Waals surface area contributed by atoms with Crippen molar-refractivity contribution in [3.63, 3.8) is 0 Å². The van der Waals surface area contributed by atoms with Crippen LogP contribution in [0.2, 0.25) is 0 Å². The Bertz CT molecular complexity index is 390. The molecule has 0 aliphatic carbocycles. The van der Waals surface area contributed by atoms with Crippen molar-refractivity contribution in [2.24, 2.45) is 0 Å². The minimum Gasteiger partial charge on any atom is -0.465 e. The van der Waals surface area contributed by atoms with Gasteiger partial charge in [0.15, 0.2) is 0 Å². The monoisotopic (exact) mass is 286 g/mol. The number of methoxy groups -OCH3 is 1. The predicted molar refractivity (Wildman–Crippen MR) is 60.8 cm³/mol. The first-order valence-electron chi connectivity index (χ1n) is 4.53. The third kappa shape index (κ3) is 2.61. The second-order valence-electron chi connectivity index (χ2n) is 3.05. The zero-order valence-corrected chi connectivity index (χ0v) is 10.5. The molecule has 0 radical (unpaired) electrons. The van der Waals surface area contributed by atoms with Crippen molar-refractivity contribution < 1.29 is 19.1 Å². The molecule has 0 saturated heterocycles. The zero-order chi connectivity index (χ0) is 12.2. The van der Waals surface area contributed by atoms with E-state index in [2.05, 4.69) is 20.7 Å². The van der Waals surface area contributed by atoms with Crippen LogP contribution in [0.1, 0.15) is 12.5 Å². The van der Waals surface area contributed by atoms with Gasteiger partial charge in [-0.2, -0.15) is 0 Å². The normalized spacial score (nSPS) is 13.7. The van der Waals surface area contributed by atoms with E-state index in [1.54, 1.807) is 30.3 Å². The lowest BCUT2D eigenvalue weighted by Gasteiger charge is -2.24. The number of alkyl halides is 1. The van der Waals surface area contributed by atoms with Crippen LogP contribution in [0.4, 0.5) is 0 Å². The highest BCUT2D eigenvalue weighted by Gasteiger charge is 2.42. The van der Waals surface area contributed by atoms with Gasteiger partial charge in [0, 0.05) is 12.5 Å². The maximum Gasteiger partial charge on any atom is 0.366 e. The molecule has 1 atom stereocenters. The maximum atomic E-state index is 11.6. The Morgan fingerprint density at radius 3 is 2.25 bits per heavy atom. The number of carbonyl (C=O) groups excluding carboxylic acids is 2. The van der Waals surface area contributed by atoms with E-state index in [0.29, 0.717) is 5.56 Å². The molecule has 1 aromatic rings. The molecule has 0 aliphatic heterocycles. The van der Waals surface area contributed by atoms with Gasteiger partial charge in [0.05, 0.1) is 7.11 Å². The Labute approximate surface area is 102 Å². The van der Waals surface area contributed by atoms with Gasteiger partial charge in [0.25, 0.3) is 4.51 Å². The van der Waals surface area contributed by atoms with Crippen LogP contribution < -0.4 is 0 Å². The van der Waals surface area contributed by atoms with E-state index in [-0.39, 0.29) is 0 Å². The van der Waals surface area contributed by atoms with E-state index >= 15 is 0 Å².